The molecule has 0 aromatic carbocycles. The van der Waals surface area contributed by atoms with Crippen LogP contribution in [0.2, 0.25) is 0 Å². The monoisotopic (exact) mass is 306 g/mol. The van der Waals surface area contributed by atoms with Crippen LogP contribution in [0.1, 0.15) is 25.7 Å². The number of nitrogens with zero attached hydrogens (tertiary/aromatic N) is 4. The molecule has 4 rings (SSSR count). The maximum atomic E-state index is 5.83. The van der Waals surface area contributed by atoms with Gasteiger partial charge in [0.2, 0.25) is 0 Å². The van der Waals surface area contributed by atoms with Crippen molar-refractivity contribution in [3.05, 3.63) is 11.9 Å². The molecule has 1 aliphatic carbocycles. The minimum absolute atomic E-state index is 0.237. The normalized spacial score (nSPS) is 28.2. The summed E-state index contributed by atoms with van der Waals surface area (Å²) in [5, 5.41) is 0. The number of hydrogen-bond acceptors (Lipinski definition) is 6. The largest absolute Gasteiger partial charge is 0.358 e. The van der Waals surface area contributed by atoms with Crippen LogP contribution in [0.15, 0.2) is 16.9 Å². The molecule has 0 aromatic rings. The first-order valence-corrected chi connectivity index (χ1v) is 8.36. The van der Waals surface area contributed by atoms with Crippen LogP contribution < -0.4 is 0 Å². The first kappa shape index (κ1) is 14.3. The third kappa shape index (κ3) is 2.48. The first-order valence-electron chi connectivity index (χ1n) is 8.36. The predicted octanol–water partition coefficient (Wildman–Crippen LogP) is 1.27. The topological polar surface area (TPSA) is 40.5 Å². The van der Waals surface area contributed by atoms with Crippen LogP contribution in [0.4, 0.5) is 0 Å². The van der Waals surface area contributed by atoms with Gasteiger partial charge in [0.1, 0.15) is 6.67 Å². The number of aliphatic imine (C=N–C) groups is 1. The lowest BCUT2D eigenvalue weighted by atomic mass is 9.85. The molecule has 0 atom stereocenters. The van der Waals surface area contributed by atoms with Gasteiger partial charge in [0.25, 0.3) is 0 Å². The number of fused-ring (bicyclic) bond motifs is 1. The van der Waals surface area contributed by atoms with Gasteiger partial charge in [-0.05, 0) is 18.8 Å². The molecule has 4 aliphatic rings. The smallest absolute Gasteiger partial charge is 0.168 e. The molecular weight excluding hydrogens is 280 g/mol. The third-order valence-corrected chi connectivity index (χ3v) is 5.31. The van der Waals surface area contributed by atoms with Crippen LogP contribution in [0.3, 0.4) is 0 Å². The van der Waals surface area contributed by atoms with E-state index < -0.39 is 0 Å². The SMILES string of the molecule is CN1CN=C2C1=CN(CC1CCC3(CC1)OCCO3)CN2C. The van der Waals surface area contributed by atoms with Crippen molar-refractivity contribution in [1.82, 2.24) is 14.7 Å². The van der Waals surface area contributed by atoms with E-state index in [2.05, 4.69) is 40.0 Å². The van der Waals surface area contributed by atoms with Crippen molar-refractivity contribution in [1.29, 1.82) is 0 Å². The van der Waals surface area contributed by atoms with Crippen LogP contribution in [0.25, 0.3) is 0 Å². The molecule has 6 heteroatoms. The van der Waals surface area contributed by atoms with E-state index in [-0.39, 0.29) is 5.79 Å². The van der Waals surface area contributed by atoms with Crippen molar-refractivity contribution in [2.24, 2.45) is 10.9 Å². The van der Waals surface area contributed by atoms with Crippen molar-refractivity contribution in [2.45, 2.75) is 31.5 Å². The molecule has 122 valence electrons. The minimum Gasteiger partial charge on any atom is -0.358 e. The van der Waals surface area contributed by atoms with E-state index in [0.29, 0.717) is 0 Å². The molecule has 2 fully saturated rings. The summed E-state index contributed by atoms with van der Waals surface area (Å²) in [7, 11) is 4.24. The number of likely N-dealkylation sites (N-methyl/N-ethyl adjacent to an activating group) is 2. The molecule has 1 saturated carbocycles. The Bertz CT molecular complexity index is 488. The Morgan fingerprint density at radius 2 is 1.91 bits per heavy atom. The summed E-state index contributed by atoms with van der Waals surface area (Å²) in [5.41, 5.74) is 1.25. The van der Waals surface area contributed by atoms with Gasteiger partial charge in [0.05, 0.1) is 25.6 Å². The molecule has 0 N–H and O–H groups in total. The van der Waals surface area contributed by atoms with Crippen molar-refractivity contribution >= 4 is 5.84 Å². The maximum Gasteiger partial charge on any atom is 0.168 e. The molecular formula is C16H26N4O2. The third-order valence-electron chi connectivity index (χ3n) is 5.31. The summed E-state index contributed by atoms with van der Waals surface area (Å²) in [6.07, 6.45) is 6.77. The zero-order valence-corrected chi connectivity index (χ0v) is 13.6. The van der Waals surface area contributed by atoms with Gasteiger partial charge in [0.15, 0.2) is 11.6 Å². The van der Waals surface area contributed by atoms with E-state index in [0.717, 1.165) is 57.7 Å². The van der Waals surface area contributed by atoms with Gasteiger partial charge >= 0.3 is 0 Å². The van der Waals surface area contributed by atoms with Crippen LogP contribution in [0.5, 0.6) is 0 Å². The summed E-state index contributed by atoms with van der Waals surface area (Å²) in [6, 6.07) is 0. The second-order valence-corrected chi connectivity index (χ2v) is 7.00. The Balaban J connectivity index is 1.37. The van der Waals surface area contributed by atoms with Gasteiger partial charge in [-0.3, -0.25) is 0 Å². The maximum absolute atomic E-state index is 5.83. The van der Waals surface area contributed by atoms with E-state index >= 15 is 0 Å². The summed E-state index contributed by atoms with van der Waals surface area (Å²) >= 11 is 0. The van der Waals surface area contributed by atoms with Crippen LogP contribution in [0, 0.1) is 5.92 Å². The fraction of sp³-hybridized carbons (Fsp3) is 0.812. The molecule has 3 heterocycles. The molecule has 1 saturated heterocycles. The van der Waals surface area contributed by atoms with Gasteiger partial charge in [-0.15, -0.1) is 0 Å². The fourth-order valence-corrected chi connectivity index (χ4v) is 4.05. The number of hydrogen-bond donors (Lipinski definition) is 0. The highest BCUT2D eigenvalue weighted by Gasteiger charge is 2.40. The number of ether oxygens (including phenoxy) is 2. The zero-order chi connectivity index (χ0) is 15.2. The Morgan fingerprint density at radius 3 is 2.64 bits per heavy atom. The van der Waals surface area contributed by atoms with Crippen molar-refractivity contribution in [2.75, 3.05) is 47.2 Å². The number of rotatable bonds is 2. The zero-order valence-electron chi connectivity index (χ0n) is 13.6. The lowest BCUT2D eigenvalue weighted by Crippen LogP contribution is -2.45. The van der Waals surface area contributed by atoms with Gasteiger partial charge in [-0.2, -0.15) is 0 Å². The molecule has 0 radical (unpaired) electrons. The van der Waals surface area contributed by atoms with E-state index in [1.165, 1.54) is 18.5 Å². The highest BCUT2D eigenvalue weighted by atomic mass is 16.7. The standard InChI is InChI=1S/C16H26N4O2/c1-18-11-17-15-14(18)10-20(12-19(15)2)9-13-3-5-16(6-4-13)21-7-8-22-16/h10,13H,3-9,11-12H2,1-2H3. The van der Waals surface area contributed by atoms with Crippen LogP contribution in [-0.2, 0) is 9.47 Å². The van der Waals surface area contributed by atoms with Crippen LogP contribution in [-0.4, -0.2) is 73.5 Å². The van der Waals surface area contributed by atoms with Gasteiger partial charge in [-0.25, -0.2) is 4.99 Å². The van der Waals surface area contributed by atoms with Crippen molar-refractivity contribution in [3.8, 4) is 0 Å². The quantitative estimate of drug-likeness (QED) is 0.768. The first-order chi connectivity index (χ1) is 10.7. The Morgan fingerprint density at radius 1 is 1.18 bits per heavy atom. The van der Waals surface area contributed by atoms with Crippen molar-refractivity contribution in [3.63, 3.8) is 0 Å². The van der Waals surface area contributed by atoms with E-state index in [1.807, 2.05) is 0 Å². The minimum atomic E-state index is -0.237. The highest BCUT2D eigenvalue weighted by molar-refractivity contribution is 5.99. The van der Waals surface area contributed by atoms with E-state index in [4.69, 9.17) is 9.47 Å². The van der Waals surface area contributed by atoms with Crippen LogP contribution >= 0.6 is 0 Å². The van der Waals surface area contributed by atoms with Gasteiger partial charge < -0.3 is 24.2 Å². The molecule has 0 bridgehead atoms. The Hall–Kier alpha value is -1.27. The highest BCUT2D eigenvalue weighted by Crippen LogP contribution is 2.38. The molecule has 0 aromatic heterocycles. The van der Waals surface area contributed by atoms with Crippen molar-refractivity contribution < 1.29 is 9.47 Å². The van der Waals surface area contributed by atoms with E-state index in [1.54, 1.807) is 0 Å². The molecule has 0 amide bonds. The second kappa shape index (κ2) is 5.42. The second-order valence-electron chi connectivity index (χ2n) is 7.00. The summed E-state index contributed by atoms with van der Waals surface area (Å²) < 4.78 is 11.7. The van der Waals surface area contributed by atoms with Gasteiger partial charge in [0, 0.05) is 39.7 Å². The molecule has 6 nitrogen and oxygen atoms in total. The Kier molecular flexibility index (Phi) is 3.53. The fourth-order valence-electron chi connectivity index (χ4n) is 4.05. The average Bonchev–Trinajstić information content (AvgIpc) is 3.11. The molecule has 3 aliphatic heterocycles. The summed E-state index contributed by atoms with van der Waals surface area (Å²) in [6.45, 7) is 4.36. The average molecular weight is 306 g/mol. The number of amidine groups is 1. The Labute approximate surface area is 132 Å². The van der Waals surface area contributed by atoms with E-state index in [9.17, 15) is 0 Å². The lowest BCUT2D eigenvalue weighted by Gasteiger charge is -2.40. The van der Waals surface area contributed by atoms with Gasteiger partial charge in [-0.1, -0.05) is 0 Å². The molecule has 1 spiro atoms. The summed E-state index contributed by atoms with van der Waals surface area (Å²) in [5.74, 6) is 1.63. The summed E-state index contributed by atoms with van der Waals surface area (Å²) in [4.78, 5) is 11.5. The lowest BCUT2D eigenvalue weighted by molar-refractivity contribution is -0.183. The molecule has 0 unspecified atom stereocenters. The molecule has 22 heavy (non-hydrogen) atoms. The predicted molar refractivity (Wildman–Crippen MR) is 84.1 cm³/mol.